The van der Waals surface area contributed by atoms with Gasteiger partial charge in [-0.1, -0.05) is 28.1 Å². The predicted octanol–water partition coefficient (Wildman–Crippen LogP) is 3.31. The molecule has 0 N–H and O–H groups in total. The number of methoxy groups -OCH3 is 1. The molecule has 0 bridgehead atoms. The lowest BCUT2D eigenvalue weighted by atomic mass is 10.1. The summed E-state index contributed by atoms with van der Waals surface area (Å²) in [5.41, 5.74) is -0.333. The Bertz CT molecular complexity index is 373. The van der Waals surface area contributed by atoms with Gasteiger partial charge in [0, 0.05) is 0 Å². The van der Waals surface area contributed by atoms with Crippen LogP contribution in [0, 0.1) is 0 Å². The van der Waals surface area contributed by atoms with Crippen LogP contribution in [-0.4, -0.2) is 13.1 Å². The minimum Gasteiger partial charge on any atom is -0.468 e. The number of ether oxygens (including phenoxy) is 1. The van der Waals surface area contributed by atoms with Crippen LogP contribution in [0.5, 0.6) is 0 Å². The van der Waals surface area contributed by atoms with Crippen molar-refractivity contribution in [2.75, 3.05) is 7.11 Å². The Kier molecular flexibility index (Phi) is 3.96. The van der Waals surface area contributed by atoms with Crippen LogP contribution >= 0.6 is 15.9 Å². The first-order valence-electron chi connectivity index (χ1n) is 4.25. The average molecular weight is 297 g/mol. The normalized spacial score (nSPS) is 13.3. The minimum atomic E-state index is -4.37. The van der Waals surface area contributed by atoms with E-state index in [9.17, 15) is 18.0 Å². The van der Waals surface area contributed by atoms with Gasteiger partial charge in [0.15, 0.2) is 0 Å². The lowest BCUT2D eigenvalue weighted by Gasteiger charge is -2.10. The van der Waals surface area contributed by atoms with Gasteiger partial charge in [0.05, 0.1) is 12.7 Å². The van der Waals surface area contributed by atoms with Gasteiger partial charge in [0.25, 0.3) is 0 Å². The maximum Gasteiger partial charge on any atom is 0.416 e. The molecule has 0 amide bonds. The number of halogens is 4. The second-order valence-electron chi connectivity index (χ2n) is 3.01. The number of hydrogen-bond acceptors (Lipinski definition) is 2. The fourth-order valence-corrected chi connectivity index (χ4v) is 1.57. The van der Waals surface area contributed by atoms with Crippen LogP contribution in [-0.2, 0) is 15.7 Å². The SMILES string of the molecule is COC(=O)[C@H](Br)c1ccc(C(F)(F)F)cc1. The third kappa shape index (κ3) is 2.98. The first-order valence-corrected chi connectivity index (χ1v) is 5.17. The van der Waals surface area contributed by atoms with Crippen molar-refractivity contribution < 1.29 is 22.7 Å². The first-order chi connectivity index (χ1) is 7.36. The molecule has 16 heavy (non-hydrogen) atoms. The summed E-state index contributed by atoms with van der Waals surface area (Å²) < 4.78 is 41.2. The van der Waals surface area contributed by atoms with E-state index in [1.165, 1.54) is 19.2 Å². The molecule has 0 aliphatic heterocycles. The van der Waals surface area contributed by atoms with E-state index in [0.717, 1.165) is 12.1 Å². The third-order valence-electron chi connectivity index (χ3n) is 1.94. The van der Waals surface area contributed by atoms with E-state index in [0.29, 0.717) is 5.56 Å². The molecule has 0 fully saturated rings. The van der Waals surface area contributed by atoms with Crippen LogP contribution in [0.25, 0.3) is 0 Å². The van der Waals surface area contributed by atoms with Crippen LogP contribution in [0.3, 0.4) is 0 Å². The van der Waals surface area contributed by atoms with E-state index in [-0.39, 0.29) is 0 Å². The fraction of sp³-hybridized carbons (Fsp3) is 0.300. The Balaban J connectivity index is 2.91. The smallest absolute Gasteiger partial charge is 0.416 e. The van der Waals surface area contributed by atoms with E-state index < -0.39 is 22.5 Å². The van der Waals surface area contributed by atoms with Gasteiger partial charge in [-0.15, -0.1) is 0 Å². The molecule has 1 atom stereocenters. The molecule has 6 heteroatoms. The summed E-state index contributed by atoms with van der Waals surface area (Å²) in [6.45, 7) is 0. The third-order valence-corrected chi connectivity index (χ3v) is 2.84. The van der Waals surface area contributed by atoms with Crippen molar-refractivity contribution >= 4 is 21.9 Å². The van der Waals surface area contributed by atoms with Gasteiger partial charge in [0.2, 0.25) is 0 Å². The number of benzene rings is 1. The molecule has 0 saturated carbocycles. The second kappa shape index (κ2) is 4.86. The highest BCUT2D eigenvalue weighted by molar-refractivity contribution is 9.09. The van der Waals surface area contributed by atoms with Crippen molar-refractivity contribution in [1.29, 1.82) is 0 Å². The van der Waals surface area contributed by atoms with Gasteiger partial charge in [-0.25, -0.2) is 0 Å². The van der Waals surface area contributed by atoms with Gasteiger partial charge in [-0.05, 0) is 17.7 Å². The summed E-state index contributed by atoms with van der Waals surface area (Å²) in [6.07, 6.45) is -4.37. The van der Waals surface area contributed by atoms with Gasteiger partial charge in [0.1, 0.15) is 4.83 Å². The summed E-state index contributed by atoms with van der Waals surface area (Å²) in [4.78, 5) is 10.4. The van der Waals surface area contributed by atoms with Crippen LogP contribution < -0.4 is 0 Å². The summed E-state index contributed by atoms with van der Waals surface area (Å²) in [6, 6.07) is 4.32. The Labute approximate surface area is 98.5 Å². The molecular formula is C10H8BrF3O2. The molecule has 0 saturated heterocycles. The Morgan fingerprint density at radius 3 is 2.19 bits per heavy atom. The number of esters is 1. The van der Waals surface area contributed by atoms with Crippen molar-refractivity contribution in [1.82, 2.24) is 0 Å². The number of rotatable bonds is 2. The molecular weight excluding hydrogens is 289 g/mol. The van der Waals surface area contributed by atoms with Crippen LogP contribution in [0.1, 0.15) is 16.0 Å². The molecule has 0 unspecified atom stereocenters. The molecule has 0 aliphatic rings. The molecule has 0 aromatic heterocycles. The molecule has 2 nitrogen and oxygen atoms in total. The Morgan fingerprint density at radius 2 is 1.81 bits per heavy atom. The second-order valence-corrected chi connectivity index (χ2v) is 3.92. The van der Waals surface area contributed by atoms with E-state index >= 15 is 0 Å². The van der Waals surface area contributed by atoms with Gasteiger partial charge >= 0.3 is 12.1 Å². The van der Waals surface area contributed by atoms with Gasteiger partial charge < -0.3 is 4.74 Å². The van der Waals surface area contributed by atoms with Gasteiger partial charge in [-0.3, -0.25) is 4.79 Å². The molecule has 1 aromatic carbocycles. The number of carbonyl (C=O) groups excluding carboxylic acids is 1. The van der Waals surface area contributed by atoms with E-state index in [1.54, 1.807) is 0 Å². The van der Waals surface area contributed by atoms with E-state index in [1.807, 2.05) is 0 Å². The Morgan fingerprint density at radius 1 is 1.31 bits per heavy atom. The van der Waals surface area contributed by atoms with Crippen molar-refractivity contribution in [3.63, 3.8) is 0 Å². The van der Waals surface area contributed by atoms with Crippen molar-refractivity contribution in [2.45, 2.75) is 11.0 Å². The molecule has 0 radical (unpaired) electrons. The van der Waals surface area contributed by atoms with Crippen LogP contribution in [0.4, 0.5) is 13.2 Å². The monoisotopic (exact) mass is 296 g/mol. The minimum absolute atomic E-state index is 0.417. The van der Waals surface area contributed by atoms with Crippen molar-refractivity contribution in [3.8, 4) is 0 Å². The molecule has 0 aliphatic carbocycles. The zero-order valence-electron chi connectivity index (χ0n) is 8.22. The summed E-state index contributed by atoms with van der Waals surface area (Å²) >= 11 is 3.03. The highest BCUT2D eigenvalue weighted by Crippen LogP contribution is 2.31. The van der Waals surface area contributed by atoms with Crippen LogP contribution in [0.15, 0.2) is 24.3 Å². The zero-order chi connectivity index (χ0) is 12.3. The quantitative estimate of drug-likeness (QED) is 0.618. The lowest BCUT2D eigenvalue weighted by Crippen LogP contribution is -2.09. The van der Waals surface area contributed by atoms with Crippen molar-refractivity contribution in [3.05, 3.63) is 35.4 Å². The highest BCUT2D eigenvalue weighted by atomic mass is 79.9. The summed E-state index contributed by atoms with van der Waals surface area (Å²) in [7, 11) is 1.21. The highest BCUT2D eigenvalue weighted by Gasteiger charge is 2.30. The zero-order valence-corrected chi connectivity index (χ0v) is 9.80. The maximum absolute atomic E-state index is 12.2. The molecule has 88 valence electrons. The van der Waals surface area contributed by atoms with E-state index in [4.69, 9.17) is 0 Å². The van der Waals surface area contributed by atoms with Crippen LogP contribution in [0.2, 0.25) is 0 Å². The van der Waals surface area contributed by atoms with Gasteiger partial charge in [-0.2, -0.15) is 13.2 Å². The maximum atomic E-state index is 12.2. The Hall–Kier alpha value is -1.04. The topological polar surface area (TPSA) is 26.3 Å². The molecule has 1 aromatic rings. The van der Waals surface area contributed by atoms with Crippen molar-refractivity contribution in [2.24, 2.45) is 0 Å². The number of alkyl halides is 4. The predicted molar refractivity (Wildman–Crippen MR) is 55.1 cm³/mol. The summed E-state index contributed by atoms with van der Waals surface area (Å²) in [5.74, 6) is -0.556. The van der Waals surface area contributed by atoms with E-state index in [2.05, 4.69) is 20.7 Å². The fourth-order valence-electron chi connectivity index (χ4n) is 1.08. The molecule has 0 heterocycles. The standard InChI is InChI=1S/C10H8BrF3O2/c1-16-9(15)8(11)6-2-4-7(5-3-6)10(12,13)14/h2-5,8H,1H3/t8-/m1/s1. The summed E-state index contributed by atoms with van der Waals surface area (Å²) in [5, 5.41) is 0. The molecule has 0 spiro atoms. The average Bonchev–Trinajstić information content (AvgIpc) is 2.26. The number of carbonyl (C=O) groups is 1. The first kappa shape index (κ1) is 13.0. The number of hydrogen-bond donors (Lipinski definition) is 0. The largest absolute Gasteiger partial charge is 0.468 e. The lowest BCUT2D eigenvalue weighted by molar-refractivity contribution is -0.140. The molecule has 1 rings (SSSR count).